The third-order valence-corrected chi connectivity index (χ3v) is 4.04. The normalized spacial score (nSPS) is 14.0. The van der Waals surface area contributed by atoms with E-state index in [2.05, 4.69) is 15.5 Å². The number of hydrogen-bond acceptors (Lipinski definition) is 4. The fourth-order valence-electron chi connectivity index (χ4n) is 2.54. The zero-order valence-electron chi connectivity index (χ0n) is 13.7. The molecule has 1 saturated heterocycles. The Morgan fingerprint density at radius 3 is 2.60 bits per heavy atom. The van der Waals surface area contributed by atoms with Gasteiger partial charge < -0.3 is 25.0 Å². The van der Waals surface area contributed by atoms with E-state index in [0.29, 0.717) is 24.0 Å². The largest absolute Gasteiger partial charge is 0.473 e. The quantitative estimate of drug-likeness (QED) is 0.802. The van der Waals surface area contributed by atoms with Gasteiger partial charge in [0.1, 0.15) is 5.75 Å². The minimum absolute atomic E-state index is 0.0627. The third kappa shape index (κ3) is 5.01. The molecular formula is C18H20ClN3O3. The van der Waals surface area contributed by atoms with E-state index in [-0.39, 0.29) is 12.8 Å². The van der Waals surface area contributed by atoms with E-state index in [1.165, 1.54) is 0 Å². The van der Waals surface area contributed by atoms with E-state index in [1.807, 2.05) is 24.3 Å². The third-order valence-electron chi connectivity index (χ3n) is 3.79. The number of hydrogen-bond donors (Lipinski definition) is 2. The Bertz CT molecular complexity index is 703. The SMILES string of the molecule is O=C(NCOc1ccc(Cl)cc1)Nc1ccccc1N1CCOCC1. The van der Waals surface area contributed by atoms with Crippen LogP contribution in [0.4, 0.5) is 16.2 Å². The van der Waals surface area contributed by atoms with Crippen LogP contribution >= 0.6 is 11.6 Å². The lowest BCUT2D eigenvalue weighted by Gasteiger charge is -2.30. The second-order valence-corrected chi connectivity index (χ2v) is 5.93. The molecule has 0 unspecified atom stereocenters. The smallest absolute Gasteiger partial charge is 0.321 e. The lowest BCUT2D eigenvalue weighted by atomic mass is 10.2. The fourth-order valence-corrected chi connectivity index (χ4v) is 2.67. The molecule has 0 aromatic heterocycles. The predicted octanol–water partition coefficient (Wildman–Crippen LogP) is 3.33. The Morgan fingerprint density at radius 1 is 1.12 bits per heavy atom. The van der Waals surface area contributed by atoms with Crippen molar-refractivity contribution in [3.63, 3.8) is 0 Å². The number of carbonyl (C=O) groups excluding carboxylic acids is 1. The molecule has 1 heterocycles. The lowest BCUT2D eigenvalue weighted by Crippen LogP contribution is -2.37. The molecule has 7 heteroatoms. The maximum atomic E-state index is 12.1. The van der Waals surface area contributed by atoms with Crippen LogP contribution in [0, 0.1) is 0 Å². The monoisotopic (exact) mass is 361 g/mol. The van der Waals surface area contributed by atoms with Gasteiger partial charge in [0.15, 0.2) is 6.73 Å². The fraction of sp³-hybridized carbons (Fsp3) is 0.278. The first kappa shape index (κ1) is 17.4. The molecule has 2 aromatic rings. The molecule has 0 saturated carbocycles. The van der Waals surface area contributed by atoms with Crippen LogP contribution in [-0.4, -0.2) is 39.1 Å². The van der Waals surface area contributed by atoms with Gasteiger partial charge in [0, 0.05) is 18.1 Å². The molecule has 2 N–H and O–H groups in total. The number of urea groups is 1. The second kappa shape index (κ2) is 8.60. The first-order valence-electron chi connectivity index (χ1n) is 8.07. The van der Waals surface area contributed by atoms with E-state index in [9.17, 15) is 4.79 Å². The highest BCUT2D eigenvalue weighted by atomic mass is 35.5. The van der Waals surface area contributed by atoms with Gasteiger partial charge >= 0.3 is 6.03 Å². The Kier molecular flexibility index (Phi) is 5.98. The van der Waals surface area contributed by atoms with Crippen molar-refractivity contribution in [2.24, 2.45) is 0 Å². The van der Waals surface area contributed by atoms with Crippen LogP contribution in [0.1, 0.15) is 0 Å². The van der Waals surface area contributed by atoms with Gasteiger partial charge in [-0.25, -0.2) is 4.79 Å². The predicted molar refractivity (Wildman–Crippen MR) is 98.6 cm³/mol. The topological polar surface area (TPSA) is 62.8 Å². The van der Waals surface area contributed by atoms with E-state index < -0.39 is 0 Å². The van der Waals surface area contributed by atoms with Crippen molar-refractivity contribution in [3.8, 4) is 5.75 Å². The molecule has 2 amide bonds. The van der Waals surface area contributed by atoms with E-state index in [0.717, 1.165) is 24.5 Å². The van der Waals surface area contributed by atoms with Crippen LogP contribution < -0.4 is 20.3 Å². The average Bonchev–Trinajstić information content (AvgIpc) is 2.64. The van der Waals surface area contributed by atoms with Crippen LogP contribution in [-0.2, 0) is 4.74 Å². The number of amides is 2. The number of para-hydroxylation sites is 2. The van der Waals surface area contributed by atoms with Crippen LogP contribution in [0.15, 0.2) is 48.5 Å². The summed E-state index contributed by atoms with van der Waals surface area (Å²) in [5, 5.41) is 6.18. The summed E-state index contributed by atoms with van der Waals surface area (Å²) in [5.74, 6) is 0.637. The molecule has 1 fully saturated rings. The minimum Gasteiger partial charge on any atom is -0.473 e. The van der Waals surface area contributed by atoms with Crippen LogP contribution in [0.2, 0.25) is 5.02 Å². The number of rotatable bonds is 5. The summed E-state index contributed by atoms with van der Waals surface area (Å²) in [5.41, 5.74) is 1.74. The van der Waals surface area contributed by atoms with Gasteiger partial charge in [0.25, 0.3) is 0 Å². The Labute approximate surface area is 151 Å². The van der Waals surface area contributed by atoms with E-state index in [4.69, 9.17) is 21.1 Å². The van der Waals surface area contributed by atoms with Crippen LogP contribution in [0.25, 0.3) is 0 Å². The molecule has 0 aliphatic carbocycles. The van der Waals surface area contributed by atoms with Gasteiger partial charge in [-0.3, -0.25) is 0 Å². The Morgan fingerprint density at radius 2 is 1.84 bits per heavy atom. The highest BCUT2D eigenvalue weighted by Gasteiger charge is 2.15. The van der Waals surface area contributed by atoms with Gasteiger partial charge in [0.2, 0.25) is 0 Å². The number of carbonyl (C=O) groups is 1. The van der Waals surface area contributed by atoms with Crippen molar-refractivity contribution in [2.45, 2.75) is 0 Å². The van der Waals surface area contributed by atoms with E-state index >= 15 is 0 Å². The standard InChI is InChI=1S/C18H20ClN3O3/c19-14-5-7-15(8-6-14)25-13-20-18(23)21-16-3-1-2-4-17(16)22-9-11-24-12-10-22/h1-8H,9-13H2,(H2,20,21,23). The number of halogens is 1. The first-order valence-corrected chi connectivity index (χ1v) is 8.45. The van der Waals surface area contributed by atoms with Gasteiger partial charge in [0.05, 0.1) is 24.6 Å². The summed E-state index contributed by atoms with van der Waals surface area (Å²) >= 11 is 5.82. The highest BCUT2D eigenvalue weighted by Crippen LogP contribution is 2.26. The number of anilines is 2. The zero-order valence-corrected chi connectivity index (χ0v) is 14.5. The number of morpholine rings is 1. The molecule has 132 valence electrons. The molecule has 6 nitrogen and oxygen atoms in total. The van der Waals surface area contributed by atoms with Crippen molar-refractivity contribution in [2.75, 3.05) is 43.3 Å². The molecular weight excluding hydrogens is 342 g/mol. The summed E-state index contributed by atoms with van der Waals surface area (Å²) in [6.07, 6.45) is 0. The van der Waals surface area contributed by atoms with Crippen molar-refractivity contribution in [1.82, 2.24) is 5.32 Å². The number of ether oxygens (including phenoxy) is 2. The molecule has 0 atom stereocenters. The van der Waals surface area contributed by atoms with Gasteiger partial charge in [-0.1, -0.05) is 23.7 Å². The van der Waals surface area contributed by atoms with Crippen molar-refractivity contribution in [1.29, 1.82) is 0 Å². The van der Waals surface area contributed by atoms with Gasteiger partial charge in [-0.2, -0.15) is 0 Å². The molecule has 25 heavy (non-hydrogen) atoms. The van der Waals surface area contributed by atoms with Crippen molar-refractivity contribution >= 4 is 29.0 Å². The number of nitrogens with zero attached hydrogens (tertiary/aromatic N) is 1. The summed E-state index contributed by atoms with van der Waals surface area (Å²) in [6.45, 7) is 3.05. The Balaban J connectivity index is 1.53. The molecule has 0 radical (unpaired) electrons. The van der Waals surface area contributed by atoms with Crippen molar-refractivity contribution in [3.05, 3.63) is 53.6 Å². The Hall–Kier alpha value is -2.44. The molecule has 1 aliphatic rings. The van der Waals surface area contributed by atoms with Gasteiger partial charge in [-0.05, 0) is 36.4 Å². The highest BCUT2D eigenvalue weighted by molar-refractivity contribution is 6.30. The molecule has 3 rings (SSSR count). The minimum atomic E-state index is -0.324. The number of benzene rings is 2. The maximum Gasteiger partial charge on any atom is 0.321 e. The van der Waals surface area contributed by atoms with Crippen LogP contribution in [0.5, 0.6) is 5.75 Å². The molecule has 0 bridgehead atoms. The summed E-state index contributed by atoms with van der Waals surface area (Å²) < 4.78 is 10.8. The summed E-state index contributed by atoms with van der Waals surface area (Å²) in [6, 6.07) is 14.3. The van der Waals surface area contributed by atoms with E-state index in [1.54, 1.807) is 24.3 Å². The molecule has 1 aliphatic heterocycles. The zero-order chi connectivity index (χ0) is 17.5. The first-order chi connectivity index (χ1) is 12.2. The lowest BCUT2D eigenvalue weighted by molar-refractivity contribution is 0.123. The molecule has 2 aromatic carbocycles. The second-order valence-electron chi connectivity index (χ2n) is 5.49. The summed E-state index contributed by atoms with van der Waals surface area (Å²) in [7, 11) is 0. The summed E-state index contributed by atoms with van der Waals surface area (Å²) in [4.78, 5) is 14.3. The van der Waals surface area contributed by atoms with Crippen molar-refractivity contribution < 1.29 is 14.3 Å². The molecule has 0 spiro atoms. The van der Waals surface area contributed by atoms with Gasteiger partial charge in [-0.15, -0.1) is 0 Å². The maximum absolute atomic E-state index is 12.1. The average molecular weight is 362 g/mol. The van der Waals surface area contributed by atoms with Crippen LogP contribution in [0.3, 0.4) is 0 Å². The number of nitrogens with one attached hydrogen (secondary N) is 2.